The third kappa shape index (κ3) is 3.49. The third-order valence-electron chi connectivity index (χ3n) is 3.79. The maximum Gasteiger partial charge on any atom is 0.143 e. The van der Waals surface area contributed by atoms with Gasteiger partial charge in [-0.2, -0.15) is 0 Å². The van der Waals surface area contributed by atoms with E-state index >= 15 is 0 Å². The number of nitrogens with zero attached hydrogens (tertiary/aromatic N) is 4. The fourth-order valence-electron chi connectivity index (χ4n) is 2.46. The molecule has 2 heterocycles. The monoisotopic (exact) mass is 302 g/mol. The quantitative estimate of drug-likeness (QED) is 0.869. The Kier molecular flexibility index (Phi) is 4.35. The smallest absolute Gasteiger partial charge is 0.143 e. The fraction of sp³-hybridized carbons (Fsp3) is 0.667. The first kappa shape index (κ1) is 16.9. The Labute approximate surface area is 134 Å². The molecule has 122 valence electrons. The van der Waals surface area contributed by atoms with Crippen molar-refractivity contribution in [2.75, 3.05) is 20.6 Å². The van der Waals surface area contributed by atoms with E-state index in [9.17, 15) is 0 Å². The van der Waals surface area contributed by atoms with Crippen molar-refractivity contribution in [3.8, 4) is 0 Å². The van der Waals surface area contributed by atoms with Crippen LogP contribution in [0.15, 0.2) is 12.3 Å². The van der Waals surface area contributed by atoms with Gasteiger partial charge in [0.15, 0.2) is 0 Å². The Morgan fingerprint density at radius 1 is 1.00 bits per heavy atom. The summed E-state index contributed by atoms with van der Waals surface area (Å²) in [6.07, 6.45) is 2.14. The minimum absolute atomic E-state index is 0.00885. The molecule has 2 rings (SSSR count). The normalized spacial score (nSPS) is 13.3. The predicted molar refractivity (Wildman–Crippen MR) is 93.5 cm³/mol. The lowest BCUT2D eigenvalue weighted by Gasteiger charge is -2.24. The first-order valence-electron chi connectivity index (χ1n) is 8.03. The van der Waals surface area contributed by atoms with Crippen molar-refractivity contribution in [2.45, 2.75) is 58.9 Å². The van der Waals surface area contributed by atoms with Gasteiger partial charge in [0, 0.05) is 35.5 Å². The van der Waals surface area contributed by atoms with Crippen molar-refractivity contribution in [3.63, 3.8) is 0 Å². The molecule has 0 saturated carbocycles. The van der Waals surface area contributed by atoms with E-state index in [-0.39, 0.29) is 10.8 Å². The third-order valence-corrected chi connectivity index (χ3v) is 3.79. The molecule has 2 aromatic heterocycles. The minimum Gasteiger partial charge on any atom is -0.331 e. The molecule has 0 atom stereocenters. The zero-order valence-electron chi connectivity index (χ0n) is 15.4. The SMILES string of the molecule is CN(C)CCn1ccc2c(C(C)(C)C)nc(C(C)(C)C)nc21. The summed E-state index contributed by atoms with van der Waals surface area (Å²) in [7, 11) is 4.20. The van der Waals surface area contributed by atoms with Crippen LogP contribution in [0.2, 0.25) is 0 Å². The Balaban J connectivity index is 2.64. The summed E-state index contributed by atoms with van der Waals surface area (Å²) >= 11 is 0. The average Bonchev–Trinajstić information content (AvgIpc) is 2.75. The molecule has 4 nitrogen and oxygen atoms in total. The topological polar surface area (TPSA) is 34.0 Å². The lowest BCUT2D eigenvalue weighted by Crippen LogP contribution is -2.23. The summed E-state index contributed by atoms with van der Waals surface area (Å²) in [5.74, 6) is 0.926. The highest BCUT2D eigenvalue weighted by molar-refractivity contribution is 5.80. The molecule has 2 aromatic rings. The molecule has 0 saturated heterocycles. The van der Waals surface area contributed by atoms with E-state index in [0.29, 0.717) is 0 Å². The molecule has 0 radical (unpaired) electrons. The van der Waals surface area contributed by atoms with E-state index in [1.54, 1.807) is 0 Å². The van der Waals surface area contributed by atoms with Gasteiger partial charge in [-0.15, -0.1) is 0 Å². The van der Waals surface area contributed by atoms with Gasteiger partial charge in [0.05, 0.1) is 5.69 Å². The summed E-state index contributed by atoms with van der Waals surface area (Å²) in [5, 5.41) is 1.18. The van der Waals surface area contributed by atoms with Crippen molar-refractivity contribution in [3.05, 3.63) is 23.8 Å². The van der Waals surface area contributed by atoms with Crippen molar-refractivity contribution in [1.82, 2.24) is 19.4 Å². The molecule has 0 aromatic carbocycles. The van der Waals surface area contributed by atoms with E-state index in [0.717, 1.165) is 30.3 Å². The van der Waals surface area contributed by atoms with Gasteiger partial charge in [0.1, 0.15) is 11.5 Å². The van der Waals surface area contributed by atoms with Crippen LogP contribution in [0.4, 0.5) is 0 Å². The summed E-state index contributed by atoms with van der Waals surface area (Å²) < 4.78 is 2.25. The number of hydrogen-bond acceptors (Lipinski definition) is 3. The highest BCUT2D eigenvalue weighted by Gasteiger charge is 2.26. The number of hydrogen-bond donors (Lipinski definition) is 0. The molecular weight excluding hydrogens is 272 g/mol. The van der Waals surface area contributed by atoms with E-state index in [1.165, 1.54) is 5.39 Å². The van der Waals surface area contributed by atoms with Crippen molar-refractivity contribution < 1.29 is 0 Å². The summed E-state index contributed by atoms with van der Waals surface area (Å²) in [5.41, 5.74) is 2.16. The van der Waals surface area contributed by atoms with Gasteiger partial charge in [-0.1, -0.05) is 41.5 Å². The van der Waals surface area contributed by atoms with Crippen LogP contribution in [0.25, 0.3) is 11.0 Å². The molecule has 0 amide bonds. The van der Waals surface area contributed by atoms with Crippen LogP contribution in [-0.4, -0.2) is 40.1 Å². The van der Waals surface area contributed by atoms with Crippen LogP contribution in [-0.2, 0) is 17.4 Å². The van der Waals surface area contributed by atoms with Gasteiger partial charge >= 0.3 is 0 Å². The van der Waals surface area contributed by atoms with Crippen LogP contribution >= 0.6 is 0 Å². The van der Waals surface area contributed by atoms with Crippen molar-refractivity contribution in [1.29, 1.82) is 0 Å². The molecule has 0 unspecified atom stereocenters. The second-order valence-electron chi connectivity index (χ2n) is 8.45. The fourth-order valence-corrected chi connectivity index (χ4v) is 2.46. The van der Waals surface area contributed by atoms with Crippen LogP contribution in [0.3, 0.4) is 0 Å². The molecule has 0 spiro atoms. The van der Waals surface area contributed by atoms with Gasteiger partial charge < -0.3 is 9.47 Å². The molecule has 0 aliphatic heterocycles. The summed E-state index contributed by atoms with van der Waals surface area (Å²) in [6, 6.07) is 2.16. The highest BCUT2D eigenvalue weighted by Crippen LogP contribution is 2.31. The molecular formula is C18H30N4. The first-order valence-corrected chi connectivity index (χ1v) is 8.03. The van der Waals surface area contributed by atoms with Crippen LogP contribution in [0.1, 0.15) is 53.1 Å². The van der Waals surface area contributed by atoms with Gasteiger partial charge in [-0.05, 0) is 20.2 Å². The van der Waals surface area contributed by atoms with Crippen LogP contribution in [0.5, 0.6) is 0 Å². The maximum absolute atomic E-state index is 4.92. The molecule has 0 bridgehead atoms. The Morgan fingerprint density at radius 2 is 1.64 bits per heavy atom. The molecule has 0 aliphatic rings. The zero-order valence-corrected chi connectivity index (χ0v) is 15.4. The van der Waals surface area contributed by atoms with Crippen LogP contribution < -0.4 is 0 Å². The van der Waals surface area contributed by atoms with Crippen molar-refractivity contribution >= 4 is 11.0 Å². The largest absolute Gasteiger partial charge is 0.331 e. The van der Waals surface area contributed by atoms with Gasteiger partial charge in [0.2, 0.25) is 0 Å². The van der Waals surface area contributed by atoms with Gasteiger partial charge in [-0.3, -0.25) is 0 Å². The number of likely N-dealkylation sites (N-methyl/N-ethyl adjacent to an activating group) is 1. The second-order valence-corrected chi connectivity index (χ2v) is 8.45. The van der Waals surface area contributed by atoms with E-state index in [1.807, 2.05) is 0 Å². The highest BCUT2D eigenvalue weighted by atomic mass is 15.1. The second kappa shape index (κ2) is 5.65. The van der Waals surface area contributed by atoms with Gasteiger partial charge in [0.25, 0.3) is 0 Å². The Hall–Kier alpha value is -1.42. The van der Waals surface area contributed by atoms with E-state index in [4.69, 9.17) is 9.97 Å². The predicted octanol–water partition coefficient (Wildman–Crippen LogP) is 3.59. The molecule has 0 fully saturated rings. The average molecular weight is 302 g/mol. The van der Waals surface area contributed by atoms with E-state index < -0.39 is 0 Å². The van der Waals surface area contributed by atoms with Crippen molar-refractivity contribution in [2.24, 2.45) is 0 Å². The van der Waals surface area contributed by atoms with Crippen LogP contribution in [0, 0.1) is 0 Å². The molecule has 4 heteroatoms. The molecule has 22 heavy (non-hydrogen) atoms. The molecule has 0 aliphatic carbocycles. The minimum atomic E-state index is -0.0508. The Bertz CT molecular complexity index is 654. The first-order chi connectivity index (χ1) is 10.00. The maximum atomic E-state index is 4.92. The number of aromatic nitrogens is 3. The van der Waals surface area contributed by atoms with E-state index in [2.05, 4.69) is 77.4 Å². The Morgan fingerprint density at radius 3 is 2.14 bits per heavy atom. The lowest BCUT2D eigenvalue weighted by molar-refractivity contribution is 0.386. The number of rotatable bonds is 3. The standard InChI is InChI=1S/C18H30N4/c1-17(2,3)14-13-9-10-22(12-11-21(7)8)15(13)20-16(19-14)18(4,5)6/h9-10H,11-12H2,1-8H3. The number of fused-ring (bicyclic) bond motifs is 1. The summed E-state index contributed by atoms with van der Waals surface area (Å²) in [4.78, 5) is 12.0. The zero-order chi connectivity index (χ0) is 16.7. The molecule has 0 N–H and O–H groups in total. The van der Waals surface area contributed by atoms with Gasteiger partial charge in [-0.25, -0.2) is 9.97 Å². The lowest BCUT2D eigenvalue weighted by atomic mass is 9.88. The summed E-state index contributed by atoms with van der Waals surface area (Å²) in [6.45, 7) is 15.1.